The number of hydrogen-bond acceptors (Lipinski definition) is 2. The van der Waals surface area contributed by atoms with E-state index >= 15 is 0 Å². The predicted molar refractivity (Wildman–Crippen MR) is 107 cm³/mol. The van der Waals surface area contributed by atoms with Crippen molar-refractivity contribution in [2.24, 2.45) is 5.92 Å². The monoisotopic (exact) mass is 346 g/mol. The molecular weight excluding hydrogens is 320 g/mol. The van der Waals surface area contributed by atoms with Crippen LogP contribution in [0.5, 0.6) is 0 Å². The number of fused-ring (bicyclic) bond motifs is 1. The fourth-order valence-corrected chi connectivity index (χ4v) is 3.51. The number of nitrogens with one attached hydrogen (secondary N) is 1. The van der Waals surface area contributed by atoms with E-state index in [2.05, 4.69) is 49.3 Å². The molecule has 1 N–H and O–H groups in total. The molecule has 0 fully saturated rings. The minimum absolute atomic E-state index is 0.0118. The Balaban J connectivity index is 1.84. The first-order chi connectivity index (χ1) is 12.5. The molecule has 1 aromatic heterocycles. The number of carbonyl (C=O) groups excluding carboxylic acids is 1. The summed E-state index contributed by atoms with van der Waals surface area (Å²) in [5, 5.41) is 4.33. The van der Waals surface area contributed by atoms with Crippen LogP contribution in [0.2, 0.25) is 0 Å². The van der Waals surface area contributed by atoms with Crippen LogP contribution in [0.15, 0.2) is 54.6 Å². The summed E-state index contributed by atoms with van der Waals surface area (Å²) in [5.74, 6) is 0.356. The molecule has 26 heavy (non-hydrogen) atoms. The highest BCUT2D eigenvalue weighted by Crippen LogP contribution is 2.24. The van der Waals surface area contributed by atoms with Gasteiger partial charge in [-0.05, 0) is 42.5 Å². The van der Waals surface area contributed by atoms with Gasteiger partial charge >= 0.3 is 0 Å². The maximum absolute atomic E-state index is 12.8. The van der Waals surface area contributed by atoms with Crippen molar-refractivity contribution in [2.45, 2.75) is 40.2 Å². The normalized spacial score (nSPS) is 12.3. The lowest BCUT2D eigenvalue weighted by atomic mass is 9.95. The van der Waals surface area contributed by atoms with E-state index < -0.39 is 0 Å². The second-order valence-electron chi connectivity index (χ2n) is 7.19. The van der Waals surface area contributed by atoms with E-state index in [0.717, 1.165) is 33.3 Å². The van der Waals surface area contributed by atoms with Crippen LogP contribution in [0.3, 0.4) is 0 Å². The third kappa shape index (κ3) is 3.77. The number of amides is 1. The molecule has 134 valence electrons. The van der Waals surface area contributed by atoms with Gasteiger partial charge in [-0.1, -0.05) is 62.4 Å². The van der Waals surface area contributed by atoms with Gasteiger partial charge in [-0.25, -0.2) is 0 Å². The van der Waals surface area contributed by atoms with E-state index in [1.54, 1.807) is 0 Å². The van der Waals surface area contributed by atoms with E-state index in [-0.39, 0.29) is 11.9 Å². The highest BCUT2D eigenvalue weighted by Gasteiger charge is 2.20. The summed E-state index contributed by atoms with van der Waals surface area (Å²) >= 11 is 0. The van der Waals surface area contributed by atoms with Crippen molar-refractivity contribution >= 4 is 16.8 Å². The highest BCUT2D eigenvalue weighted by atomic mass is 16.1. The number of nitrogens with zero attached hydrogens (tertiary/aromatic N) is 1. The van der Waals surface area contributed by atoms with Crippen LogP contribution in [0.25, 0.3) is 10.9 Å². The standard InChI is InChI=1S/C23H26N2O/c1-15(2)23(18-10-6-5-7-11-18)25-22(26)14-20-16(3)19-12-8-9-13-21(19)24-17(20)4/h5-13,15,23H,14H2,1-4H3,(H,25,26). The molecule has 1 heterocycles. The molecule has 3 heteroatoms. The third-order valence-electron chi connectivity index (χ3n) is 4.96. The first kappa shape index (κ1) is 18.1. The molecule has 0 aliphatic rings. The van der Waals surface area contributed by atoms with Crippen molar-refractivity contribution in [3.63, 3.8) is 0 Å². The second-order valence-corrected chi connectivity index (χ2v) is 7.19. The Kier molecular flexibility index (Phi) is 5.36. The fraction of sp³-hybridized carbons (Fsp3) is 0.304. The summed E-state index contributed by atoms with van der Waals surface area (Å²) in [6.07, 6.45) is 0.353. The van der Waals surface area contributed by atoms with Gasteiger partial charge in [0.05, 0.1) is 18.0 Å². The molecule has 0 spiro atoms. The zero-order valence-electron chi connectivity index (χ0n) is 15.9. The number of carbonyl (C=O) groups is 1. The lowest BCUT2D eigenvalue weighted by molar-refractivity contribution is -0.121. The van der Waals surface area contributed by atoms with Gasteiger partial charge in [0.15, 0.2) is 0 Å². The molecule has 3 nitrogen and oxygen atoms in total. The minimum Gasteiger partial charge on any atom is -0.349 e. The van der Waals surface area contributed by atoms with E-state index in [1.807, 2.05) is 43.3 Å². The molecule has 3 aromatic rings. The Morgan fingerprint density at radius 1 is 1.00 bits per heavy atom. The first-order valence-electron chi connectivity index (χ1n) is 9.16. The van der Waals surface area contributed by atoms with Crippen molar-refractivity contribution < 1.29 is 4.79 Å². The third-order valence-corrected chi connectivity index (χ3v) is 4.96. The van der Waals surface area contributed by atoms with Crippen molar-refractivity contribution in [2.75, 3.05) is 0 Å². The molecule has 3 rings (SSSR count). The van der Waals surface area contributed by atoms with Crippen molar-refractivity contribution in [3.05, 3.63) is 77.0 Å². The summed E-state index contributed by atoms with van der Waals surface area (Å²) in [5.41, 5.74) is 5.22. The summed E-state index contributed by atoms with van der Waals surface area (Å²) < 4.78 is 0. The highest BCUT2D eigenvalue weighted by molar-refractivity contribution is 5.86. The molecule has 0 bridgehead atoms. The lowest BCUT2D eigenvalue weighted by Crippen LogP contribution is -2.33. The quantitative estimate of drug-likeness (QED) is 0.713. The van der Waals surface area contributed by atoms with Crippen LogP contribution in [-0.2, 0) is 11.2 Å². The predicted octanol–water partition coefficient (Wildman–Crippen LogP) is 4.91. The zero-order chi connectivity index (χ0) is 18.7. The summed E-state index contributed by atoms with van der Waals surface area (Å²) in [4.78, 5) is 17.5. The molecule has 1 amide bonds. The average Bonchev–Trinajstić information content (AvgIpc) is 2.63. The largest absolute Gasteiger partial charge is 0.349 e. The van der Waals surface area contributed by atoms with Crippen LogP contribution in [0, 0.1) is 19.8 Å². The van der Waals surface area contributed by atoms with Gasteiger partial charge in [-0.3, -0.25) is 9.78 Å². The zero-order valence-corrected chi connectivity index (χ0v) is 15.9. The molecule has 0 aliphatic carbocycles. The number of benzene rings is 2. The van der Waals surface area contributed by atoms with Crippen molar-refractivity contribution in [1.29, 1.82) is 0 Å². The molecule has 1 atom stereocenters. The van der Waals surface area contributed by atoms with Crippen LogP contribution >= 0.6 is 0 Å². The van der Waals surface area contributed by atoms with Crippen LogP contribution in [-0.4, -0.2) is 10.9 Å². The van der Waals surface area contributed by atoms with Crippen LogP contribution in [0.1, 0.15) is 42.3 Å². The van der Waals surface area contributed by atoms with Gasteiger partial charge in [0, 0.05) is 11.1 Å². The number of hydrogen-bond donors (Lipinski definition) is 1. The number of pyridine rings is 1. The number of rotatable bonds is 5. The first-order valence-corrected chi connectivity index (χ1v) is 9.16. The lowest BCUT2D eigenvalue weighted by Gasteiger charge is -2.23. The average molecular weight is 346 g/mol. The Bertz CT molecular complexity index is 916. The van der Waals surface area contributed by atoms with Gasteiger partial charge < -0.3 is 5.32 Å². The van der Waals surface area contributed by atoms with E-state index in [9.17, 15) is 4.79 Å². The van der Waals surface area contributed by atoms with Crippen LogP contribution in [0.4, 0.5) is 0 Å². The Labute approximate surface area is 155 Å². The Morgan fingerprint density at radius 3 is 2.35 bits per heavy atom. The van der Waals surface area contributed by atoms with Gasteiger partial charge in [0.2, 0.25) is 5.91 Å². The maximum atomic E-state index is 12.8. The number of aryl methyl sites for hydroxylation is 2. The number of para-hydroxylation sites is 1. The molecule has 0 radical (unpaired) electrons. The Hall–Kier alpha value is -2.68. The fourth-order valence-electron chi connectivity index (χ4n) is 3.51. The van der Waals surface area contributed by atoms with Gasteiger partial charge in [0.1, 0.15) is 0 Å². The SMILES string of the molecule is Cc1nc2ccccc2c(C)c1CC(=O)NC(c1ccccc1)C(C)C. The summed E-state index contributed by atoms with van der Waals surface area (Å²) in [7, 11) is 0. The van der Waals surface area contributed by atoms with Crippen molar-refractivity contribution in [3.8, 4) is 0 Å². The number of aromatic nitrogens is 1. The summed E-state index contributed by atoms with van der Waals surface area (Å²) in [6.45, 7) is 8.33. The van der Waals surface area contributed by atoms with Gasteiger partial charge in [-0.2, -0.15) is 0 Å². The van der Waals surface area contributed by atoms with Gasteiger partial charge in [0.25, 0.3) is 0 Å². The minimum atomic E-state index is 0.0118. The molecule has 0 saturated heterocycles. The van der Waals surface area contributed by atoms with Crippen molar-refractivity contribution in [1.82, 2.24) is 10.3 Å². The molecule has 1 unspecified atom stereocenters. The summed E-state index contributed by atoms with van der Waals surface area (Å²) in [6, 6.07) is 18.3. The van der Waals surface area contributed by atoms with E-state index in [4.69, 9.17) is 0 Å². The van der Waals surface area contributed by atoms with Gasteiger partial charge in [-0.15, -0.1) is 0 Å². The molecular formula is C23H26N2O. The maximum Gasteiger partial charge on any atom is 0.224 e. The molecule has 0 saturated carbocycles. The topological polar surface area (TPSA) is 42.0 Å². The molecule has 2 aromatic carbocycles. The molecule has 0 aliphatic heterocycles. The second kappa shape index (κ2) is 7.69. The van der Waals surface area contributed by atoms with E-state index in [1.165, 1.54) is 0 Å². The smallest absolute Gasteiger partial charge is 0.224 e. The van der Waals surface area contributed by atoms with Crippen LogP contribution < -0.4 is 5.32 Å². The van der Waals surface area contributed by atoms with E-state index in [0.29, 0.717) is 12.3 Å². The Morgan fingerprint density at radius 2 is 1.65 bits per heavy atom.